The molecule has 0 atom stereocenters. The fourth-order valence-corrected chi connectivity index (χ4v) is 4.30. The Kier molecular flexibility index (Phi) is 7.41. The highest BCUT2D eigenvalue weighted by Gasteiger charge is 2.26. The van der Waals surface area contributed by atoms with Gasteiger partial charge in [-0.1, -0.05) is 72.8 Å². The molecule has 5 nitrogen and oxygen atoms in total. The molecule has 1 heterocycles. The summed E-state index contributed by atoms with van der Waals surface area (Å²) in [5, 5.41) is 0. The fourth-order valence-electron chi connectivity index (χ4n) is 4.30. The number of ether oxygens (including phenoxy) is 1. The molecule has 0 radical (unpaired) electrons. The standard InChI is InChI=1S/C27H31N3O2/c1-32-26-15-9-8-14-25(26)29-18-16-28(17-19-29)22-27(31)30(20-23-10-4-2-5-11-23)21-24-12-6-3-7-13-24/h2-15H,16-22H2,1H3/p+1. The van der Waals surface area contributed by atoms with E-state index < -0.39 is 0 Å². The largest absolute Gasteiger partial charge is 0.495 e. The van der Waals surface area contributed by atoms with Gasteiger partial charge >= 0.3 is 0 Å². The normalized spacial score (nSPS) is 14.2. The minimum atomic E-state index is 0.207. The second kappa shape index (κ2) is 10.8. The topological polar surface area (TPSA) is 37.2 Å². The van der Waals surface area contributed by atoms with Gasteiger partial charge in [0.15, 0.2) is 6.54 Å². The summed E-state index contributed by atoms with van der Waals surface area (Å²) < 4.78 is 5.53. The number of nitrogens with zero attached hydrogens (tertiary/aromatic N) is 2. The maximum absolute atomic E-state index is 13.3. The van der Waals surface area contributed by atoms with Crippen molar-refractivity contribution < 1.29 is 14.4 Å². The lowest BCUT2D eigenvalue weighted by Crippen LogP contribution is -3.15. The maximum Gasteiger partial charge on any atom is 0.278 e. The third-order valence-corrected chi connectivity index (χ3v) is 6.08. The van der Waals surface area contributed by atoms with E-state index in [1.54, 1.807) is 7.11 Å². The van der Waals surface area contributed by atoms with Gasteiger partial charge in [-0.2, -0.15) is 0 Å². The number of piperazine rings is 1. The van der Waals surface area contributed by atoms with Crippen LogP contribution in [0.2, 0.25) is 0 Å². The molecule has 0 saturated carbocycles. The lowest BCUT2D eigenvalue weighted by Gasteiger charge is -2.35. The van der Waals surface area contributed by atoms with Crippen LogP contribution in [0.15, 0.2) is 84.9 Å². The molecular formula is C27H32N3O2+. The molecular weight excluding hydrogens is 398 g/mol. The van der Waals surface area contributed by atoms with Crippen molar-refractivity contribution in [1.29, 1.82) is 0 Å². The lowest BCUT2D eigenvalue weighted by molar-refractivity contribution is -0.892. The number of amides is 1. The van der Waals surface area contributed by atoms with Crippen LogP contribution in [0.5, 0.6) is 5.75 Å². The zero-order chi connectivity index (χ0) is 22.2. The average Bonchev–Trinajstić information content (AvgIpc) is 2.85. The summed E-state index contributed by atoms with van der Waals surface area (Å²) in [6, 6.07) is 28.7. The Hall–Kier alpha value is -3.31. The van der Waals surface area contributed by atoms with Gasteiger partial charge < -0.3 is 19.4 Å². The van der Waals surface area contributed by atoms with Gasteiger partial charge in [0, 0.05) is 13.1 Å². The molecule has 0 bridgehead atoms. The van der Waals surface area contributed by atoms with Crippen LogP contribution in [0, 0.1) is 0 Å². The summed E-state index contributed by atoms with van der Waals surface area (Å²) in [6.45, 7) is 5.51. The molecule has 0 aromatic heterocycles. The first kappa shape index (κ1) is 21.9. The van der Waals surface area contributed by atoms with Crippen molar-refractivity contribution in [3.63, 3.8) is 0 Å². The number of methoxy groups -OCH3 is 1. The number of carbonyl (C=O) groups excluding carboxylic acids is 1. The number of quaternary nitrogens is 1. The number of anilines is 1. The first-order valence-electron chi connectivity index (χ1n) is 11.3. The van der Waals surface area contributed by atoms with E-state index in [9.17, 15) is 4.79 Å². The third kappa shape index (κ3) is 5.68. The molecule has 1 aliphatic rings. The number of hydrogen-bond donors (Lipinski definition) is 1. The van der Waals surface area contributed by atoms with Crippen molar-refractivity contribution in [3.05, 3.63) is 96.1 Å². The smallest absolute Gasteiger partial charge is 0.278 e. The predicted molar refractivity (Wildman–Crippen MR) is 128 cm³/mol. The van der Waals surface area contributed by atoms with E-state index in [1.165, 1.54) is 4.90 Å². The van der Waals surface area contributed by atoms with Crippen molar-refractivity contribution in [2.24, 2.45) is 0 Å². The van der Waals surface area contributed by atoms with E-state index >= 15 is 0 Å². The van der Waals surface area contributed by atoms with Crippen LogP contribution >= 0.6 is 0 Å². The van der Waals surface area contributed by atoms with E-state index in [4.69, 9.17) is 4.74 Å². The van der Waals surface area contributed by atoms with Crippen molar-refractivity contribution in [3.8, 4) is 5.75 Å². The Morgan fingerprint density at radius 2 is 1.38 bits per heavy atom. The molecule has 1 N–H and O–H groups in total. The van der Waals surface area contributed by atoms with E-state index in [0.29, 0.717) is 19.6 Å². The summed E-state index contributed by atoms with van der Waals surface area (Å²) >= 11 is 0. The van der Waals surface area contributed by atoms with Crippen LogP contribution in [-0.2, 0) is 17.9 Å². The van der Waals surface area contributed by atoms with Crippen LogP contribution in [0.4, 0.5) is 5.69 Å². The lowest BCUT2D eigenvalue weighted by atomic mass is 10.1. The molecule has 3 aromatic rings. The number of nitrogens with one attached hydrogen (secondary N) is 1. The van der Waals surface area contributed by atoms with Gasteiger partial charge in [0.05, 0.1) is 39.0 Å². The fraction of sp³-hybridized carbons (Fsp3) is 0.296. The molecule has 5 heteroatoms. The molecule has 3 aromatic carbocycles. The van der Waals surface area contributed by atoms with Crippen LogP contribution in [0.1, 0.15) is 11.1 Å². The molecule has 1 saturated heterocycles. The monoisotopic (exact) mass is 430 g/mol. The highest BCUT2D eigenvalue weighted by Crippen LogP contribution is 2.27. The highest BCUT2D eigenvalue weighted by molar-refractivity contribution is 5.77. The Morgan fingerprint density at radius 3 is 1.94 bits per heavy atom. The van der Waals surface area contributed by atoms with Gasteiger partial charge in [-0.25, -0.2) is 0 Å². The summed E-state index contributed by atoms with van der Waals surface area (Å²) in [6.07, 6.45) is 0. The Labute approximate surface area is 190 Å². The second-order valence-corrected chi connectivity index (χ2v) is 8.31. The van der Waals surface area contributed by atoms with Crippen molar-refractivity contribution >= 4 is 11.6 Å². The Bertz CT molecular complexity index is 945. The number of carbonyl (C=O) groups is 1. The van der Waals surface area contributed by atoms with Gasteiger partial charge in [0.25, 0.3) is 5.91 Å². The van der Waals surface area contributed by atoms with E-state index in [2.05, 4.69) is 35.2 Å². The molecule has 0 spiro atoms. The molecule has 1 fully saturated rings. The number of para-hydroxylation sites is 2. The number of hydrogen-bond acceptors (Lipinski definition) is 3. The second-order valence-electron chi connectivity index (χ2n) is 8.31. The summed E-state index contributed by atoms with van der Waals surface area (Å²) in [7, 11) is 1.72. The molecule has 0 unspecified atom stereocenters. The minimum absolute atomic E-state index is 0.207. The first-order chi connectivity index (χ1) is 15.7. The first-order valence-corrected chi connectivity index (χ1v) is 11.3. The van der Waals surface area contributed by atoms with Gasteiger partial charge in [-0.3, -0.25) is 4.79 Å². The van der Waals surface area contributed by atoms with Crippen LogP contribution in [0.3, 0.4) is 0 Å². The zero-order valence-corrected chi connectivity index (χ0v) is 18.7. The number of rotatable bonds is 8. The molecule has 32 heavy (non-hydrogen) atoms. The van der Waals surface area contributed by atoms with Crippen molar-refractivity contribution in [1.82, 2.24) is 4.90 Å². The van der Waals surface area contributed by atoms with E-state index in [1.807, 2.05) is 59.5 Å². The highest BCUT2D eigenvalue weighted by atomic mass is 16.5. The summed E-state index contributed by atoms with van der Waals surface area (Å²) in [5.74, 6) is 1.11. The van der Waals surface area contributed by atoms with E-state index in [-0.39, 0.29) is 5.91 Å². The van der Waals surface area contributed by atoms with Gasteiger partial charge in [-0.15, -0.1) is 0 Å². The third-order valence-electron chi connectivity index (χ3n) is 6.08. The minimum Gasteiger partial charge on any atom is -0.495 e. The zero-order valence-electron chi connectivity index (χ0n) is 18.7. The molecule has 166 valence electrons. The summed E-state index contributed by atoms with van der Waals surface area (Å²) in [5.41, 5.74) is 3.45. The number of benzene rings is 3. The van der Waals surface area contributed by atoms with Gasteiger partial charge in [-0.05, 0) is 23.3 Å². The van der Waals surface area contributed by atoms with Crippen LogP contribution < -0.4 is 14.5 Å². The van der Waals surface area contributed by atoms with Crippen molar-refractivity contribution in [2.45, 2.75) is 13.1 Å². The van der Waals surface area contributed by atoms with Crippen LogP contribution in [0.25, 0.3) is 0 Å². The van der Waals surface area contributed by atoms with Gasteiger partial charge in [0.2, 0.25) is 0 Å². The quantitative estimate of drug-likeness (QED) is 0.597. The summed E-state index contributed by atoms with van der Waals surface area (Å²) in [4.78, 5) is 19.0. The predicted octanol–water partition coefficient (Wildman–Crippen LogP) is 2.63. The van der Waals surface area contributed by atoms with Crippen LogP contribution in [-0.4, -0.2) is 50.6 Å². The maximum atomic E-state index is 13.3. The SMILES string of the molecule is COc1ccccc1N1CC[NH+](CC(=O)N(Cc2ccccc2)Cc2ccccc2)CC1. The molecule has 1 amide bonds. The molecule has 1 aliphatic heterocycles. The van der Waals surface area contributed by atoms with Gasteiger partial charge in [0.1, 0.15) is 5.75 Å². The Morgan fingerprint density at radius 1 is 0.844 bits per heavy atom. The molecule has 4 rings (SSSR count). The average molecular weight is 431 g/mol. The van der Waals surface area contributed by atoms with E-state index in [0.717, 1.165) is 48.7 Å². The van der Waals surface area contributed by atoms with Crippen molar-refractivity contribution in [2.75, 3.05) is 44.7 Å². The Balaban J connectivity index is 1.38. The molecule has 0 aliphatic carbocycles.